The van der Waals surface area contributed by atoms with Gasteiger partial charge in [-0.25, -0.2) is 0 Å². The van der Waals surface area contributed by atoms with Crippen molar-refractivity contribution in [2.45, 2.75) is 25.6 Å². The van der Waals surface area contributed by atoms with Gasteiger partial charge in [0.1, 0.15) is 11.9 Å². The smallest absolute Gasteiger partial charge is 0.140 e. The zero-order valence-electron chi connectivity index (χ0n) is 7.40. The van der Waals surface area contributed by atoms with Crippen LogP contribution in [0, 0.1) is 11.8 Å². The van der Waals surface area contributed by atoms with Crippen molar-refractivity contribution in [2.75, 3.05) is 0 Å². The molecule has 0 aliphatic carbocycles. The second kappa shape index (κ2) is 4.70. The van der Waals surface area contributed by atoms with Crippen LogP contribution in [0.5, 0.6) is 0 Å². The van der Waals surface area contributed by atoms with Gasteiger partial charge in [0, 0.05) is 6.42 Å². The van der Waals surface area contributed by atoms with Crippen molar-refractivity contribution in [3.8, 4) is 11.8 Å². The zero-order valence-corrected chi connectivity index (χ0v) is 7.40. The molecule has 0 radical (unpaired) electrons. The number of furan rings is 1. The normalized spacial score (nSPS) is 14.4. The molecular formula is C10H12O3. The van der Waals surface area contributed by atoms with Crippen molar-refractivity contribution in [3.63, 3.8) is 0 Å². The predicted molar refractivity (Wildman–Crippen MR) is 47.9 cm³/mol. The van der Waals surface area contributed by atoms with Crippen molar-refractivity contribution in [2.24, 2.45) is 0 Å². The summed E-state index contributed by atoms with van der Waals surface area (Å²) in [6.45, 7) is 1.61. The highest BCUT2D eigenvalue weighted by molar-refractivity contribution is 5.07. The van der Waals surface area contributed by atoms with E-state index in [1.807, 2.05) is 0 Å². The summed E-state index contributed by atoms with van der Waals surface area (Å²) in [4.78, 5) is 0. The molecule has 0 amide bonds. The number of hydrogen-bond acceptors (Lipinski definition) is 3. The van der Waals surface area contributed by atoms with Gasteiger partial charge in [0.05, 0.1) is 12.4 Å². The van der Waals surface area contributed by atoms with E-state index in [2.05, 4.69) is 11.8 Å². The highest BCUT2D eigenvalue weighted by Crippen LogP contribution is 2.06. The average Bonchev–Trinajstić information content (AvgIpc) is 2.57. The Morgan fingerprint density at radius 2 is 2.31 bits per heavy atom. The van der Waals surface area contributed by atoms with Crippen LogP contribution in [0.15, 0.2) is 22.8 Å². The molecule has 0 fully saturated rings. The van der Waals surface area contributed by atoms with Crippen molar-refractivity contribution >= 4 is 0 Å². The molecular weight excluding hydrogens is 168 g/mol. The summed E-state index contributed by atoms with van der Waals surface area (Å²) in [5.74, 6) is 5.65. The van der Waals surface area contributed by atoms with Crippen LogP contribution in [0.25, 0.3) is 0 Å². The third-order valence-corrected chi connectivity index (χ3v) is 1.65. The van der Waals surface area contributed by atoms with Crippen LogP contribution in [-0.4, -0.2) is 22.4 Å². The molecule has 1 aromatic rings. The summed E-state index contributed by atoms with van der Waals surface area (Å²) >= 11 is 0. The average molecular weight is 180 g/mol. The van der Waals surface area contributed by atoms with Gasteiger partial charge in [0.15, 0.2) is 0 Å². The third kappa shape index (κ3) is 2.94. The van der Waals surface area contributed by atoms with Gasteiger partial charge in [-0.1, -0.05) is 5.92 Å². The zero-order chi connectivity index (χ0) is 9.68. The second-order valence-corrected chi connectivity index (χ2v) is 2.69. The molecule has 13 heavy (non-hydrogen) atoms. The van der Waals surface area contributed by atoms with Crippen LogP contribution in [0.1, 0.15) is 12.7 Å². The van der Waals surface area contributed by atoms with E-state index in [1.54, 1.807) is 19.1 Å². The van der Waals surface area contributed by atoms with Gasteiger partial charge in [0.25, 0.3) is 0 Å². The minimum atomic E-state index is -1.00. The van der Waals surface area contributed by atoms with Crippen LogP contribution in [0.4, 0.5) is 0 Å². The van der Waals surface area contributed by atoms with Crippen LogP contribution in [0.3, 0.4) is 0 Å². The van der Waals surface area contributed by atoms with Crippen molar-refractivity contribution in [3.05, 3.63) is 24.2 Å². The topological polar surface area (TPSA) is 53.6 Å². The fourth-order valence-electron chi connectivity index (χ4n) is 0.991. The maximum absolute atomic E-state index is 9.41. The molecule has 1 aromatic heterocycles. The van der Waals surface area contributed by atoms with E-state index in [0.717, 1.165) is 0 Å². The molecule has 0 aromatic carbocycles. The largest absolute Gasteiger partial charge is 0.469 e. The molecule has 1 rings (SSSR count). The predicted octanol–water partition coefficient (Wildman–Crippen LogP) is 0.567. The number of hydrogen-bond donors (Lipinski definition) is 2. The summed E-state index contributed by atoms with van der Waals surface area (Å²) in [5, 5.41) is 18.7. The molecule has 2 unspecified atom stereocenters. The van der Waals surface area contributed by atoms with Crippen LogP contribution < -0.4 is 0 Å². The van der Waals surface area contributed by atoms with E-state index in [-0.39, 0.29) is 6.42 Å². The van der Waals surface area contributed by atoms with Gasteiger partial charge in [-0.2, -0.15) is 0 Å². The minimum Gasteiger partial charge on any atom is -0.469 e. The molecule has 0 saturated heterocycles. The fraction of sp³-hybridized carbons (Fsp3) is 0.400. The Morgan fingerprint density at radius 3 is 2.85 bits per heavy atom. The van der Waals surface area contributed by atoms with Crippen LogP contribution in [-0.2, 0) is 6.42 Å². The molecule has 0 aliphatic rings. The molecule has 0 saturated carbocycles. The Labute approximate surface area is 77.0 Å². The van der Waals surface area contributed by atoms with Crippen molar-refractivity contribution < 1.29 is 14.6 Å². The first-order valence-corrected chi connectivity index (χ1v) is 4.05. The van der Waals surface area contributed by atoms with Crippen molar-refractivity contribution in [1.82, 2.24) is 0 Å². The molecule has 70 valence electrons. The molecule has 2 N–H and O–H groups in total. The summed E-state index contributed by atoms with van der Waals surface area (Å²) in [7, 11) is 0. The summed E-state index contributed by atoms with van der Waals surface area (Å²) in [6.07, 6.45) is -0.0864. The second-order valence-electron chi connectivity index (χ2n) is 2.69. The Morgan fingerprint density at radius 1 is 1.54 bits per heavy atom. The quantitative estimate of drug-likeness (QED) is 0.668. The molecule has 0 spiro atoms. The van der Waals surface area contributed by atoms with Gasteiger partial charge in [-0.3, -0.25) is 0 Å². The Bertz CT molecular complexity index is 292. The monoisotopic (exact) mass is 180 g/mol. The van der Waals surface area contributed by atoms with Crippen molar-refractivity contribution in [1.29, 1.82) is 0 Å². The van der Waals surface area contributed by atoms with E-state index in [1.165, 1.54) is 6.26 Å². The lowest BCUT2D eigenvalue weighted by atomic mass is 10.1. The first kappa shape index (κ1) is 9.85. The first-order chi connectivity index (χ1) is 6.24. The molecule has 0 bridgehead atoms. The first-order valence-electron chi connectivity index (χ1n) is 4.05. The maximum atomic E-state index is 9.41. The van der Waals surface area contributed by atoms with E-state index in [0.29, 0.717) is 5.76 Å². The van der Waals surface area contributed by atoms with Gasteiger partial charge in [-0.05, 0) is 19.1 Å². The Balaban J connectivity index is 2.48. The Kier molecular flexibility index (Phi) is 3.56. The van der Waals surface area contributed by atoms with Gasteiger partial charge >= 0.3 is 0 Å². The molecule has 3 heteroatoms. The lowest BCUT2D eigenvalue weighted by molar-refractivity contribution is 0.0514. The highest BCUT2D eigenvalue weighted by atomic mass is 16.3. The molecule has 3 nitrogen and oxygen atoms in total. The highest BCUT2D eigenvalue weighted by Gasteiger charge is 2.15. The minimum absolute atomic E-state index is 0.281. The van der Waals surface area contributed by atoms with E-state index < -0.39 is 12.2 Å². The van der Waals surface area contributed by atoms with E-state index in [4.69, 9.17) is 4.42 Å². The van der Waals surface area contributed by atoms with Gasteiger partial charge in [-0.15, -0.1) is 5.92 Å². The van der Waals surface area contributed by atoms with Gasteiger partial charge < -0.3 is 14.6 Å². The number of aliphatic hydroxyl groups is 2. The molecule has 0 aliphatic heterocycles. The van der Waals surface area contributed by atoms with Crippen LogP contribution >= 0.6 is 0 Å². The standard InChI is InChI=1S/C10H12O3/c1-2-4-9(11)10(12)7-8-5-3-6-13-8/h3,5-6,9-12H,7H2,1H3. The summed E-state index contributed by atoms with van der Waals surface area (Å²) < 4.78 is 5.01. The third-order valence-electron chi connectivity index (χ3n) is 1.65. The van der Waals surface area contributed by atoms with Gasteiger partial charge in [0.2, 0.25) is 0 Å². The van der Waals surface area contributed by atoms with Crippen LogP contribution in [0.2, 0.25) is 0 Å². The Hall–Kier alpha value is -1.24. The van der Waals surface area contributed by atoms with E-state index in [9.17, 15) is 10.2 Å². The maximum Gasteiger partial charge on any atom is 0.140 e. The summed E-state index contributed by atoms with van der Waals surface area (Å²) in [5.41, 5.74) is 0. The summed E-state index contributed by atoms with van der Waals surface area (Å²) in [6, 6.07) is 3.48. The molecule has 1 heterocycles. The lowest BCUT2D eigenvalue weighted by Crippen LogP contribution is -2.26. The SMILES string of the molecule is CC#CC(O)C(O)Cc1ccco1. The molecule has 2 atom stereocenters. The fourth-order valence-corrected chi connectivity index (χ4v) is 0.991. The van der Waals surface area contributed by atoms with E-state index >= 15 is 0 Å². The number of aliphatic hydroxyl groups excluding tert-OH is 2. The number of rotatable bonds is 3. The lowest BCUT2D eigenvalue weighted by Gasteiger charge is -2.10.